The summed E-state index contributed by atoms with van der Waals surface area (Å²) in [5.41, 5.74) is 2.22. The summed E-state index contributed by atoms with van der Waals surface area (Å²) in [6.07, 6.45) is 0. The Hall–Kier alpha value is -2.48. The first-order valence-corrected chi connectivity index (χ1v) is 6.15. The van der Waals surface area contributed by atoms with E-state index in [1.54, 1.807) is 13.2 Å². The molecule has 0 saturated carbocycles. The van der Waals surface area contributed by atoms with E-state index in [1.807, 2.05) is 48.5 Å². The number of methoxy groups -OCH3 is 1. The minimum absolute atomic E-state index is 0.313. The fraction of sp³-hybridized carbons (Fsp3) is 0.0588. The van der Waals surface area contributed by atoms with Crippen molar-refractivity contribution in [2.45, 2.75) is 0 Å². The third-order valence-electron chi connectivity index (χ3n) is 3.30. The molecule has 19 heavy (non-hydrogen) atoms. The molecule has 0 unspecified atom stereocenters. The zero-order chi connectivity index (χ0) is 13.2. The van der Waals surface area contributed by atoms with Gasteiger partial charge in [0.25, 0.3) is 0 Å². The van der Waals surface area contributed by atoms with Crippen molar-refractivity contribution in [3.8, 4) is 22.6 Å². The number of hydrogen-bond acceptors (Lipinski definition) is 2. The summed E-state index contributed by atoms with van der Waals surface area (Å²) in [4.78, 5) is 0. The molecule has 0 bridgehead atoms. The Morgan fingerprint density at radius 3 is 2.21 bits per heavy atom. The second kappa shape index (κ2) is 4.65. The van der Waals surface area contributed by atoms with Crippen molar-refractivity contribution in [1.29, 1.82) is 0 Å². The van der Waals surface area contributed by atoms with Gasteiger partial charge >= 0.3 is 0 Å². The second-order valence-corrected chi connectivity index (χ2v) is 4.41. The van der Waals surface area contributed by atoms with E-state index in [4.69, 9.17) is 4.74 Å². The van der Waals surface area contributed by atoms with E-state index in [-0.39, 0.29) is 0 Å². The van der Waals surface area contributed by atoms with Crippen molar-refractivity contribution >= 4 is 10.8 Å². The molecule has 0 aliphatic heterocycles. The molecule has 1 N–H and O–H groups in total. The lowest BCUT2D eigenvalue weighted by molar-refractivity contribution is 0.415. The van der Waals surface area contributed by atoms with Crippen LogP contribution in [0.15, 0.2) is 60.7 Å². The Kier molecular flexibility index (Phi) is 2.84. The average Bonchev–Trinajstić information content (AvgIpc) is 2.47. The number of rotatable bonds is 2. The molecular formula is C17H14O2. The Labute approximate surface area is 111 Å². The lowest BCUT2D eigenvalue weighted by Crippen LogP contribution is -1.84. The fourth-order valence-electron chi connectivity index (χ4n) is 2.32. The molecule has 0 aliphatic carbocycles. The Balaban J connectivity index is 2.21. The largest absolute Gasteiger partial charge is 0.507 e. The Morgan fingerprint density at radius 1 is 0.789 bits per heavy atom. The van der Waals surface area contributed by atoms with E-state index in [0.29, 0.717) is 5.75 Å². The molecule has 2 heteroatoms. The summed E-state index contributed by atoms with van der Waals surface area (Å²) >= 11 is 0. The first kappa shape index (κ1) is 11.6. The molecule has 2 nitrogen and oxygen atoms in total. The SMILES string of the molecule is COc1ccc(-c2cccc3c(O)cccc23)cc1. The second-order valence-electron chi connectivity index (χ2n) is 4.41. The van der Waals surface area contributed by atoms with Gasteiger partial charge in [-0.05, 0) is 34.7 Å². The minimum Gasteiger partial charge on any atom is -0.507 e. The number of phenols is 1. The summed E-state index contributed by atoms with van der Waals surface area (Å²) in [5.74, 6) is 1.15. The topological polar surface area (TPSA) is 29.5 Å². The van der Waals surface area contributed by atoms with Crippen LogP contribution in [0.2, 0.25) is 0 Å². The predicted octanol–water partition coefficient (Wildman–Crippen LogP) is 4.22. The van der Waals surface area contributed by atoms with E-state index >= 15 is 0 Å². The van der Waals surface area contributed by atoms with Crippen LogP contribution in [0.1, 0.15) is 0 Å². The quantitative estimate of drug-likeness (QED) is 0.737. The normalized spacial score (nSPS) is 10.6. The zero-order valence-electron chi connectivity index (χ0n) is 10.6. The average molecular weight is 250 g/mol. The highest BCUT2D eigenvalue weighted by atomic mass is 16.5. The molecule has 0 amide bonds. The fourth-order valence-corrected chi connectivity index (χ4v) is 2.32. The first-order chi connectivity index (χ1) is 9.29. The molecule has 3 aromatic rings. The first-order valence-electron chi connectivity index (χ1n) is 6.15. The molecular weight excluding hydrogens is 236 g/mol. The van der Waals surface area contributed by atoms with Gasteiger partial charge in [-0.2, -0.15) is 0 Å². The smallest absolute Gasteiger partial charge is 0.123 e. The van der Waals surface area contributed by atoms with Gasteiger partial charge in [0, 0.05) is 5.39 Å². The predicted molar refractivity (Wildman–Crippen MR) is 77.6 cm³/mol. The number of aromatic hydroxyl groups is 1. The van der Waals surface area contributed by atoms with Crippen LogP contribution in [0.3, 0.4) is 0 Å². The summed E-state index contributed by atoms with van der Waals surface area (Å²) in [6, 6.07) is 19.5. The van der Waals surface area contributed by atoms with Gasteiger partial charge in [-0.15, -0.1) is 0 Å². The van der Waals surface area contributed by atoms with Crippen molar-refractivity contribution in [3.63, 3.8) is 0 Å². The molecule has 0 aromatic heterocycles. The standard InChI is InChI=1S/C17H14O2/c1-19-13-10-8-12(9-11-13)14-4-2-6-16-15(14)5-3-7-17(16)18/h2-11,18H,1H3. The highest BCUT2D eigenvalue weighted by Crippen LogP contribution is 2.33. The number of hydrogen-bond donors (Lipinski definition) is 1. The van der Waals surface area contributed by atoms with Gasteiger partial charge in [0.2, 0.25) is 0 Å². The van der Waals surface area contributed by atoms with Crippen LogP contribution < -0.4 is 4.74 Å². The van der Waals surface area contributed by atoms with Crippen LogP contribution in [0, 0.1) is 0 Å². The monoisotopic (exact) mass is 250 g/mol. The molecule has 0 saturated heterocycles. The molecule has 3 aromatic carbocycles. The van der Waals surface area contributed by atoms with E-state index in [2.05, 4.69) is 6.07 Å². The molecule has 0 radical (unpaired) electrons. The Bertz CT molecular complexity index is 715. The highest BCUT2D eigenvalue weighted by molar-refractivity contribution is 5.99. The van der Waals surface area contributed by atoms with Gasteiger partial charge in [0.05, 0.1) is 7.11 Å². The Morgan fingerprint density at radius 2 is 1.47 bits per heavy atom. The van der Waals surface area contributed by atoms with Crippen LogP contribution in [0.4, 0.5) is 0 Å². The van der Waals surface area contributed by atoms with Crippen LogP contribution in [-0.4, -0.2) is 12.2 Å². The van der Waals surface area contributed by atoms with E-state index in [1.165, 1.54) is 0 Å². The maximum Gasteiger partial charge on any atom is 0.123 e. The van der Waals surface area contributed by atoms with E-state index in [9.17, 15) is 5.11 Å². The number of benzene rings is 3. The summed E-state index contributed by atoms with van der Waals surface area (Å²) in [6.45, 7) is 0. The molecule has 0 fully saturated rings. The molecule has 0 spiro atoms. The molecule has 0 heterocycles. The lowest BCUT2D eigenvalue weighted by Gasteiger charge is -2.08. The van der Waals surface area contributed by atoms with E-state index < -0.39 is 0 Å². The zero-order valence-corrected chi connectivity index (χ0v) is 10.6. The maximum absolute atomic E-state index is 9.90. The van der Waals surface area contributed by atoms with Gasteiger partial charge < -0.3 is 9.84 Å². The van der Waals surface area contributed by atoms with Crippen molar-refractivity contribution in [2.75, 3.05) is 7.11 Å². The highest BCUT2D eigenvalue weighted by Gasteiger charge is 2.06. The number of ether oxygens (including phenoxy) is 1. The third-order valence-corrected chi connectivity index (χ3v) is 3.30. The van der Waals surface area contributed by atoms with Crippen LogP contribution in [0.25, 0.3) is 21.9 Å². The van der Waals surface area contributed by atoms with Crippen LogP contribution in [0.5, 0.6) is 11.5 Å². The van der Waals surface area contributed by atoms with Gasteiger partial charge in [0.15, 0.2) is 0 Å². The molecule has 0 aliphatic rings. The van der Waals surface area contributed by atoms with E-state index in [0.717, 1.165) is 27.6 Å². The van der Waals surface area contributed by atoms with Gasteiger partial charge in [-0.25, -0.2) is 0 Å². The molecule has 94 valence electrons. The van der Waals surface area contributed by atoms with Crippen LogP contribution >= 0.6 is 0 Å². The summed E-state index contributed by atoms with van der Waals surface area (Å²) in [5, 5.41) is 11.8. The van der Waals surface area contributed by atoms with Crippen molar-refractivity contribution in [2.24, 2.45) is 0 Å². The van der Waals surface area contributed by atoms with Crippen molar-refractivity contribution in [1.82, 2.24) is 0 Å². The molecule has 0 atom stereocenters. The molecule has 3 rings (SSSR count). The number of fused-ring (bicyclic) bond motifs is 1. The summed E-state index contributed by atoms with van der Waals surface area (Å²) in [7, 11) is 1.66. The van der Waals surface area contributed by atoms with Crippen molar-refractivity contribution in [3.05, 3.63) is 60.7 Å². The third kappa shape index (κ3) is 2.02. The maximum atomic E-state index is 9.90. The van der Waals surface area contributed by atoms with Gasteiger partial charge in [-0.1, -0.05) is 42.5 Å². The minimum atomic E-state index is 0.313. The summed E-state index contributed by atoms with van der Waals surface area (Å²) < 4.78 is 5.17. The van der Waals surface area contributed by atoms with Crippen molar-refractivity contribution < 1.29 is 9.84 Å². The number of phenolic OH excluding ortho intramolecular Hbond substituents is 1. The van der Waals surface area contributed by atoms with Gasteiger partial charge in [-0.3, -0.25) is 0 Å². The van der Waals surface area contributed by atoms with Gasteiger partial charge in [0.1, 0.15) is 11.5 Å². The lowest BCUT2D eigenvalue weighted by atomic mass is 9.98. The van der Waals surface area contributed by atoms with Crippen LogP contribution in [-0.2, 0) is 0 Å².